The van der Waals surface area contributed by atoms with Crippen LogP contribution in [-0.4, -0.2) is 6.61 Å². The average molecular weight is 389 g/mol. The summed E-state index contributed by atoms with van der Waals surface area (Å²) in [7, 11) is 0. The molecule has 0 heterocycles. The van der Waals surface area contributed by atoms with Crippen LogP contribution in [0.2, 0.25) is 0 Å². The van der Waals surface area contributed by atoms with Crippen molar-refractivity contribution in [2.75, 3.05) is 6.61 Å². The van der Waals surface area contributed by atoms with Gasteiger partial charge in [-0.05, 0) is 54.7 Å². The Labute approximate surface area is 180 Å². The van der Waals surface area contributed by atoms with Crippen LogP contribution in [0, 0.1) is 49.4 Å². The van der Waals surface area contributed by atoms with E-state index in [-0.39, 0.29) is 6.61 Å². The molecule has 1 atom stereocenters. The minimum absolute atomic E-state index is 0.0265. The van der Waals surface area contributed by atoms with Crippen molar-refractivity contribution in [1.82, 2.24) is 0 Å². The summed E-state index contributed by atoms with van der Waals surface area (Å²) in [6.07, 6.45) is 28.5. The molecule has 30 heavy (non-hydrogen) atoms. The van der Waals surface area contributed by atoms with Gasteiger partial charge in [0.25, 0.3) is 0 Å². The van der Waals surface area contributed by atoms with E-state index in [4.69, 9.17) is 30.4 Å². The van der Waals surface area contributed by atoms with Crippen molar-refractivity contribution in [3.05, 3.63) is 88.3 Å². The number of fused-ring (bicyclic) bond motifs is 1. The Balaban J connectivity index is 2.94. The molecule has 1 nitrogen and oxygen atoms in total. The van der Waals surface area contributed by atoms with Gasteiger partial charge in [-0.1, -0.05) is 66.7 Å². The van der Waals surface area contributed by atoms with Gasteiger partial charge in [0.2, 0.25) is 0 Å². The molecular weight excluding hydrogens is 364 g/mol. The zero-order chi connectivity index (χ0) is 22.3. The number of rotatable bonds is 5. The van der Waals surface area contributed by atoms with Gasteiger partial charge in [-0.15, -0.1) is 25.7 Å². The van der Waals surface area contributed by atoms with Crippen molar-refractivity contribution in [3.63, 3.8) is 0 Å². The topological polar surface area (TPSA) is 9.23 Å². The van der Waals surface area contributed by atoms with Gasteiger partial charge in [-0.3, -0.25) is 0 Å². The van der Waals surface area contributed by atoms with E-state index in [9.17, 15) is 0 Å². The summed E-state index contributed by atoms with van der Waals surface area (Å²) in [6.45, 7) is 9.98. The fourth-order valence-corrected chi connectivity index (χ4v) is 4.06. The first-order valence-electron chi connectivity index (χ1n) is 9.49. The number of benzene rings is 1. The van der Waals surface area contributed by atoms with E-state index < -0.39 is 5.41 Å². The summed E-state index contributed by atoms with van der Waals surface area (Å²) in [4.78, 5) is 0. The third-order valence-corrected chi connectivity index (χ3v) is 5.32. The molecule has 0 radical (unpaired) electrons. The number of terminal acetylenes is 4. The minimum Gasteiger partial charge on any atom is -0.478 e. The lowest BCUT2D eigenvalue weighted by Crippen LogP contribution is -2.26. The van der Waals surface area contributed by atoms with Crippen molar-refractivity contribution in [2.24, 2.45) is 0 Å². The van der Waals surface area contributed by atoms with Gasteiger partial charge in [0.15, 0.2) is 5.76 Å². The van der Waals surface area contributed by atoms with E-state index in [1.807, 2.05) is 32.1 Å². The summed E-state index contributed by atoms with van der Waals surface area (Å²) < 4.78 is 5.76. The van der Waals surface area contributed by atoms with Gasteiger partial charge in [0, 0.05) is 5.41 Å². The van der Waals surface area contributed by atoms with E-state index in [1.165, 1.54) is 0 Å². The maximum Gasteiger partial charge on any atom is 0.151 e. The van der Waals surface area contributed by atoms with E-state index in [2.05, 4.69) is 55.4 Å². The second-order valence-corrected chi connectivity index (χ2v) is 6.76. The molecule has 0 amide bonds. The first-order chi connectivity index (χ1) is 14.5. The van der Waals surface area contributed by atoms with E-state index >= 15 is 0 Å². The van der Waals surface area contributed by atoms with Crippen molar-refractivity contribution in [3.8, 4) is 49.4 Å². The second-order valence-electron chi connectivity index (χ2n) is 6.76. The summed E-state index contributed by atoms with van der Waals surface area (Å²) in [5, 5.41) is 0. The molecule has 0 fully saturated rings. The van der Waals surface area contributed by atoms with Gasteiger partial charge >= 0.3 is 0 Å². The number of hydrogen-bond donors (Lipinski definition) is 0. The Morgan fingerprint density at radius 3 is 2.37 bits per heavy atom. The highest BCUT2D eigenvalue weighted by atomic mass is 16.5. The smallest absolute Gasteiger partial charge is 0.151 e. The van der Waals surface area contributed by atoms with Crippen LogP contribution >= 0.6 is 0 Å². The normalized spacial score (nSPS) is 21.0. The first-order valence-corrected chi connectivity index (χ1v) is 9.49. The first kappa shape index (κ1) is 22.3. The fourth-order valence-electron chi connectivity index (χ4n) is 4.06. The summed E-state index contributed by atoms with van der Waals surface area (Å²) in [6, 6.07) is 8.19. The molecule has 1 aromatic rings. The third-order valence-electron chi connectivity index (χ3n) is 5.32. The number of allylic oxidation sites excluding steroid dienone is 8. The molecule has 0 saturated heterocycles. The Kier molecular flexibility index (Phi) is 7.00. The van der Waals surface area contributed by atoms with E-state index in [1.54, 1.807) is 6.08 Å². The second kappa shape index (κ2) is 9.44. The summed E-state index contributed by atoms with van der Waals surface area (Å²) in [5.41, 5.74) is 5.35. The molecule has 1 aliphatic carbocycles. The maximum absolute atomic E-state index is 5.98. The van der Waals surface area contributed by atoms with Crippen LogP contribution in [0.1, 0.15) is 31.9 Å². The molecule has 146 valence electrons. The van der Waals surface area contributed by atoms with Crippen molar-refractivity contribution < 1.29 is 4.74 Å². The highest BCUT2D eigenvalue weighted by Crippen LogP contribution is 2.55. The highest BCUT2D eigenvalue weighted by Gasteiger charge is 2.45. The van der Waals surface area contributed by atoms with Gasteiger partial charge in [-0.25, -0.2) is 0 Å². The number of hydrogen-bond acceptors (Lipinski definition) is 1. The van der Waals surface area contributed by atoms with Crippen molar-refractivity contribution in [2.45, 2.75) is 26.2 Å². The lowest BCUT2D eigenvalue weighted by molar-refractivity contribution is 0.262. The van der Waals surface area contributed by atoms with E-state index in [0.29, 0.717) is 16.9 Å². The molecule has 0 bridgehead atoms. The third kappa shape index (κ3) is 3.51. The predicted octanol–water partition coefficient (Wildman–Crippen LogP) is 5.59. The lowest BCUT2D eigenvalue weighted by atomic mass is 9.70. The number of ether oxygens (including phenoxy) is 1. The zero-order valence-corrected chi connectivity index (χ0v) is 17.7. The summed E-state index contributed by atoms with van der Waals surface area (Å²) in [5.74, 6) is 10.8. The molecule has 0 aliphatic heterocycles. The molecule has 0 aromatic heterocycles. The van der Waals surface area contributed by atoms with Gasteiger partial charge in [0.05, 0.1) is 11.1 Å². The highest BCUT2D eigenvalue weighted by molar-refractivity contribution is 5.93. The van der Waals surface area contributed by atoms with Crippen LogP contribution in [0.3, 0.4) is 0 Å². The molecule has 1 heteroatoms. The molecule has 0 N–H and O–H groups in total. The summed E-state index contributed by atoms with van der Waals surface area (Å²) >= 11 is 0. The molecule has 1 aromatic carbocycles. The maximum atomic E-state index is 5.98. The van der Waals surface area contributed by atoms with Crippen LogP contribution in [-0.2, 0) is 10.2 Å². The lowest BCUT2D eigenvalue weighted by Gasteiger charge is -2.32. The molecule has 2 rings (SSSR count). The Hall–Kier alpha value is -4.04. The Bertz CT molecular complexity index is 1170. The predicted molar refractivity (Wildman–Crippen MR) is 127 cm³/mol. The minimum atomic E-state index is -0.610. The van der Waals surface area contributed by atoms with Crippen LogP contribution in [0.4, 0.5) is 0 Å². The van der Waals surface area contributed by atoms with Crippen LogP contribution in [0.5, 0.6) is 0 Å². The van der Waals surface area contributed by atoms with E-state index in [0.717, 1.165) is 27.8 Å². The zero-order valence-electron chi connectivity index (χ0n) is 17.7. The molecule has 0 saturated carbocycles. The molecular formula is C29H24O. The van der Waals surface area contributed by atoms with Gasteiger partial charge < -0.3 is 4.74 Å². The van der Waals surface area contributed by atoms with Gasteiger partial charge in [-0.2, -0.15) is 0 Å². The standard InChI is InChI=1S/C29H24O/c1-9-17-26-22(12-4)24-18-15-16-19-27(24)29(26,8)25(14-6)23(13-5)28(21(7)11-3)30-20-10-2/h1-3,5,12,14-19H,7,20H2,4,6,8H3/b22-12-,25-14+,26-17+,28-23+. The molecule has 1 aliphatic rings. The van der Waals surface area contributed by atoms with Gasteiger partial charge in [0.1, 0.15) is 6.61 Å². The molecule has 1 unspecified atom stereocenters. The Morgan fingerprint density at radius 1 is 1.13 bits per heavy atom. The van der Waals surface area contributed by atoms with Crippen LogP contribution in [0.25, 0.3) is 5.57 Å². The van der Waals surface area contributed by atoms with Crippen LogP contribution in [0.15, 0.2) is 77.1 Å². The monoisotopic (exact) mass is 388 g/mol. The molecule has 0 spiro atoms. The van der Waals surface area contributed by atoms with Crippen molar-refractivity contribution in [1.29, 1.82) is 0 Å². The quantitative estimate of drug-likeness (QED) is 0.363. The SMILES string of the molecule is C#C/C=C1\C(=C/C)c2ccccc2C1(C)C(=C/C)/C(C#C)=C(/OCC#C)C(=C)C#C. The van der Waals surface area contributed by atoms with Crippen LogP contribution < -0.4 is 0 Å². The Morgan fingerprint density at radius 2 is 1.83 bits per heavy atom. The van der Waals surface area contributed by atoms with Crippen molar-refractivity contribution >= 4 is 5.57 Å². The fraction of sp³-hybridized carbons (Fsp3) is 0.172. The average Bonchev–Trinajstić information content (AvgIpc) is 3.01. The largest absolute Gasteiger partial charge is 0.478 e.